The van der Waals surface area contributed by atoms with Gasteiger partial charge in [-0.15, -0.1) is 0 Å². The highest BCUT2D eigenvalue weighted by Crippen LogP contribution is 2.21. The fourth-order valence-corrected chi connectivity index (χ4v) is 3.22. The Bertz CT molecular complexity index is 758. The third-order valence-electron chi connectivity index (χ3n) is 5.04. The van der Waals surface area contributed by atoms with Crippen molar-refractivity contribution in [2.75, 3.05) is 57.8 Å². The van der Waals surface area contributed by atoms with Gasteiger partial charge in [0.1, 0.15) is 0 Å². The number of carbonyl (C=O) groups is 2. The van der Waals surface area contributed by atoms with Crippen LogP contribution in [0.1, 0.15) is 13.8 Å². The number of methoxy groups -OCH3 is 1. The van der Waals surface area contributed by atoms with E-state index in [4.69, 9.17) is 4.79 Å². The van der Waals surface area contributed by atoms with Crippen LogP contribution in [-0.2, 0) is 14.3 Å². The van der Waals surface area contributed by atoms with Gasteiger partial charge in [0.05, 0.1) is 13.7 Å². The molecular weight excluding hydrogens is 382 g/mol. The molecule has 0 atom stereocenters. The van der Waals surface area contributed by atoms with Gasteiger partial charge < -0.3 is 14.5 Å². The van der Waals surface area contributed by atoms with Crippen LogP contribution in [0.5, 0.6) is 0 Å². The number of piperazine rings is 1. The Labute approximate surface area is 178 Å². The van der Waals surface area contributed by atoms with Crippen LogP contribution in [0.3, 0.4) is 0 Å². The number of amides is 1. The van der Waals surface area contributed by atoms with Crippen molar-refractivity contribution in [1.29, 1.82) is 0 Å². The Balaban J connectivity index is 0.000000735. The fourth-order valence-electron chi connectivity index (χ4n) is 3.22. The van der Waals surface area contributed by atoms with Crippen LogP contribution in [0.2, 0.25) is 0 Å². The molecule has 1 aromatic carbocycles. The molecule has 0 spiro atoms. The summed E-state index contributed by atoms with van der Waals surface area (Å²) in [6, 6.07) is 10.2. The molecule has 0 saturated carbocycles. The number of rotatable bonds is 7. The predicted octanol–water partition coefficient (Wildman–Crippen LogP) is 1.92. The van der Waals surface area contributed by atoms with Crippen molar-refractivity contribution in [2.24, 2.45) is 0 Å². The number of hydrogen-bond donors (Lipinski definition) is 0. The minimum atomic E-state index is 0.241. The van der Waals surface area contributed by atoms with Gasteiger partial charge in [0.15, 0.2) is 5.82 Å². The fraction of sp³-hybridized carbons (Fsp3) is 0.455. The van der Waals surface area contributed by atoms with E-state index in [0.29, 0.717) is 13.0 Å². The molecule has 8 heteroatoms. The summed E-state index contributed by atoms with van der Waals surface area (Å²) in [5, 5.41) is 0. The highest BCUT2D eigenvalue weighted by atomic mass is 16.5. The minimum Gasteiger partial charge on any atom is -0.471 e. The van der Waals surface area contributed by atoms with Gasteiger partial charge in [0.2, 0.25) is 5.91 Å². The average molecular weight is 414 g/mol. The molecule has 0 aliphatic carbocycles. The predicted molar refractivity (Wildman–Crippen MR) is 117 cm³/mol. The van der Waals surface area contributed by atoms with Crippen LogP contribution < -0.4 is 4.90 Å². The van der Waals surface area contributed by atoms with Crippen LogP contribution in [0.15, 0.2) is 42.7 Å². The van der Waals surface area contributed by atoms with E-state index in [9.17, 15) is 4.79 Å². The van der Waals surface area contributed by atoms with Crippen molar-refractivity contribution in [3.8, 4) is 11.4 Å². The lowest BCUT2D eigenvalue weighted by Crippen LogP contribution is -2.51. The van der Waals surface area contributed by atoms with E-state index in [1.807, 2.05) is 11.0 Å². The van der Waals surface area contributed by atoms with Crippen molar-refractivity contribution in [3.63, 3.8) is 0 Å². The summed E-state index contributed by atoms with van der Waals surface area (Å²) < 4.78 is 3.86. The van der Waals surface area contributed by atoms with Crippen molar-refractivity contribution in [3.05, 3.63) is 42.7 Å². The van der Waals surface area contributed by atoms with Gasteiger partial charge in [-0.2, -0.15) is 0 Å². The highest BCUT2D eigenvalue weighted by Gasteiger charge is 2.22. The molecule has 1 aromatic heterocycles. The second-order valence-electron chi connectivity index (χ2n) is 6.78. The summed E-state index contributed by atoms with van der Waals surface area (Å²) in [5.41, 5.74) is 2.20. The van der Waals surface area contributed by atoms with Crippen LogP contribution >= 0.6 is 0 Å². The average Bonchev–Trinajstić information content (AvgIpc) is 2.83. The first-order valence-corrected chi connectivity index (χ1v) is 10.2. The van der Waals surface area contributed by atoms with Gasteiger partial charge in [-0.1, -0.05) is 13.8 Å². The minimum absolute atomic E-state index is 0.241. The number of carbonyl (C=O) groups excluding carboxylic acids is 2. The molecular formula is C22H31N5O3. The normalized spacial score (nSPS) is 13.5. The SMILES string of the molecule is CCN(CC)CC(=O)N1CCN(c2ccc(-c3ncccn3)cc2)CC1.COC=O. The molecule has 8 nitrogen and oxygen atoms in total. The van der Waals surface area contributed by atoms with Crippen molar-refractivity contribution in [2.45, 2.75) is 13.8 Å². The van der Waals surface area contributed by atoms with E-state index >= 15 is 0 Å². The van der Waals surface area contributed by atoms with Crippen LogP contribution in [0.25, 0.3) is 11.4 Å². The maximum Gasteiger partial charge on any atom is 0.292 e. The Morgan fingerprint density at radius 1 is 1.07 bits per heavy atom. The van der Waals surface area contributed by atoms with E-state index in [-0.39, 0.29) is 5.91 Å². The smallest absolute Gasteiger partial charge is 0.292 e. The van der Waals surface area contributed by atoms with E-state index in [1.54, 1.807) is 12.4 Å². The molecule has 1 fully saturated rings. The number of anilines is 1. The van der Waals surface area contributed by atoms with Crippen LogP contribution in [0, 0.1) is 0 Å². The lowest BCUT2D eigenvalue weighted by atomic mass is 10.1. The molecule has 2 heterocycles. The van der Waals surface area contributed by atoms with Crippen molar-refractivity contribution < 1.29 is 14.3 Å². The maximum absolute atomic E-state index is 12.4. The number of nitrogens with zero attached hydrogens (tertiary/aromatic N) is 5. The van der Waals surface area contributed by atoms with Gasteiger partial charge in [-0.25, -0.2) is 9.97 Å². The number of ether oxygens (including phenoxy) is 1. The molecule has 0 unspecified atom stereocenters. The zero-order chi connectivity index (χ0) is 21.8. The first-order chi connectivity index (χ1) is 14.6. The third kappa shape index (κ3) is 6.81. The molecule has 1 aliphatic heterocycles. The molecule has 3 rings (SSSR count). The molecule has 2 aromatic rings. The number of benzene rings is 1. The molecule has 0 N–H and O–H groups in total. The number of likely N-dealkylation sites (N-methyl/N-ethyl adjacent to an activating group) is 1. The van der Waals surface area contributed by atoms with E-state index in [2.05, 4.69) is 62.6 Å². The summed E-state index contributed by atoms with van der Waals surface area (Å²) in [6.07, 6.45) is 3.51. The van der Waals surface area contributed by atoms with Crippen molar-refractivity contribution in [1.82, 2.24) is 19.8 Å². The van der Waals surface area contributed by atoms with Gasteiger partial charge in [-0.05, 0) is 43.4 Å². The Hall–Kier alpha value is -3.00. The lowest BCUT2D eigenvalue weighted by molar-refractivity contribution is -0.132. The number of aromatic nitrogens is 2. The first kappa shape index (κ1) is 23.3. The topological polar surface area (TPSA) is 78.9 Å². The van der Waals surface area contributed by atoms with Gasteiger partial charge >= 0.3 is 0 Å². The molecule has 1 aliphatic rings. The standard InChI is InChI=1S/C20H27N5O.C2H4O2/c1-3-23(4-2)16-19(26)25-14-12-24(13-15-25)18-8-6-17(7-9-18)20-21-10-5-11-22-20;1-4-2-3/h5-11H,3-4,12-16H2,1-2H3;2H,1H3. The quantitative estimate of drug-likeness (QED) is 0.642. The van der Waals surface area contributed by atoms with Crippen molar-refractivity contribution >= 4 is 18.1 Å². The molecule has 1 amide bonds. The molecule has 30 heavy (non-hydrogen) atoms. The Kier molecular flexibility index (Phi) is 9.73. The lowest BCUT2D eigenvalue weighted by Gasteiger charge is -2.37. The van der Waals surface area contributed by atoms with E-state index in [0.717, 1.165) is 50.7 Å². The summed E-state index contributed by atoms with van der Waals surface area (Å²) in [5.74, 6) is 0.982. The monoisotopic (exact) mass is 413 g/mol. The first-order valence-electron chi connectivity index (χ1n) is 10.2. The summed E-state index contributed by atoms with van der Waals surface area (Å²) in [7, 11) is 1.31. The highest BCUT2D eigenvalue weighted by molar-refractivity contribution is 5.78. The molecule has 0 radical (unpaired) electrons. The second kappa shape index (κ2) is 12.5. The summed E-state index contributed by atoms with van der Waals surface area (Å²) in [6.45, 7) is 10.2. The van der Waals surface area contributed by atoms with Gasteiger partial charge in [-0.3, -0.25) is 14.5 Å². The van der Waals surface area contributed by atoms with E-state index in [1.165, 1.54) is 12.8 Å². The molecule has 0 bridgehead atoms. The summed E-state index contributed by atoms with van der Waals surface area (Å²) >= 11 is 0. The second-order valence-corrected chi connectivity index (χ2v) is 6.78. The summed E-state index contributed by atoms with van der Waals surface area (Å²) in [4.78, 5) is 36.4. The Morgan fingerprint density at radius 3 is 2.13 bits per heavy atom. The van der Waals surface area contributed by atoms with Gasteiger partial charge in [0.25, 0.3) is 6.47 Å². The van der Waals surface area contributed by atoms with Gasteiger partial charge in [0, 0.05) is 49.8 Å². The van der Waals surface area contributed by atoms with E-state index < -0.39 is 0 Å². The largest absolute Gasteiger partial charge is 0.471 e. The zero-order valence-corrected chi connectivity index (χ0v) is 18.0. The molecule has 162 valence electrons. The zero-order valence-electron chi connectivity index (χ0n) is 18.0. The maximum atomic E-state index is 12.4. The Morgan fingerprint density at radius 2 is 1.63 bits per heavy atom. The third-order valence-corrected chi connectivity index (χ3v) is 5.04. The molecule has 1 saturated heterocycles. The van der Waals surface area contributed by atoms with Crippen LogP contribution in [0.4, 0.5) is 5.69 Å². The number of hydrogen-bond acceptors (Lipinski definition) is 7. The van der Waals surface area contributed by atoms with Crippen LogP contribution in [-0.4, -0.2) is 85.1 Å².